The summed E-state index contributed by atoms with van der Waals surface area (Å²) in [4.78, 5) is 24.0. The third-order valence-electron chi connectivity index (χ3n) is 3.87. The van der Waals surface area contributed by atoms with Crippen LogP contribution < -0.4 is 10.6 Å². The Balaban J connectivity index is 1.42. The third kappa shape index (κ3) is 4.67. The Morgan fingerprint density at radius 1 is 1.00 bits per heavy atom. The van der Waals surface area contributed by atoms with E-state index in [4.69, 9.17) is 0 Å². The van der Waals surface area contributed by atoms with Gasteiger partial charge in [-0.05, 0) is 35.4 Å². The number of amides is 2. The first-order chi connectivity index (χ1) is 12.2. The molecule has 0 aliphatic carbocycles. The van der Waals surface area contributed by atoms with Crippen LogP contribution in [0.3, 0.4) is 0 Å². The fraction of sp³-hybridized carbons (Fsp3) is 0.211. The molecule has 1 heterocycles. The number of nitrogens with one attached hydrogen (secondary N) is 2. The van der Waals surface area contributed by atoms with Crippen molar-refractivity contribution in [2.45, 2.75) is 13.0 Å². The molecule has 0 aliphatic heterocycles. The third-order valence-corrected chi connectivity index (χ3v) is 3.87. The summed E-state index contributed by atoms with van der Waals surface area (Å²) in [6.45, 7) is 1.26. The maximum atomic E-state index is 12.2. The van der Waals surface area contributed by atoms with Crippen LogP contribution in [0.15, 0.2) is 60.9 Å². The van der Waals surface area contributed by atoms with E-state index in [1.807, 2.05) is 53.3 Å². The molecule has 0 saturated heterocycles. The number of aryl methyl sites for hydroxylation is 1. The van der Waals surface area contributed by atoms with Crippen molar-refractivity contribution in [3.05, 3.63) is 66.5 Å². The van der Waals surface area contributed by atoms with Crippen LogP contribution in [0, 0.1) is 0 Å². The van der Waals surface area contributed by atoms with Gasteiger partial charge in [-0.2, -0.15) is 5.10 Å². The Morgan fingerprint density at radius 3 is 2.64 bits per heavy atom. The summed E-state index contributed by atoms with van der Waals surface area (Å²) >= 11 is 0. The first-order valence-electron chi connectivity index (χ1n) is 8.23. The van der Waals surface area contributed by atoms with Crippen molar-refractivity contribution in [2.24, 2.45) is 0 Å². The van der Waals surface area contributed by atoms with E-state index in [0.717, 1.165) is 23.7 Å². The molecule has 2 aromatic carbocycles. The van der Waals surface area contributed by atoms with E-state index in [1.54, 1.807) is 12.3 Å². The first kappa shape index (κ1) is 16.7. The van der Waals surface area contributed by atoms with Gasteiger partial charge in [0.2, 0.25) is 5.91 Å². The number of carbonyl (C=O) groups is 2. The molecule has 0 fully saturated rings. The lowest BCUT2D eigenvalue weighted by Gasteiger charge is -2.08. The zero-order chi connectivity index (χ0) is 17.5. The fourth-order valence-electron chi connectivity index (χ4n) is 2.56. The molecule has 6 nitrogen and oxygen atoms in total. The molecule has 3 aromatic rings. The zero-order valence-corrected chi connectivity index (χ0v) is 13.8. The molecule has 0 atom stereocenters. The summed E-state index contributed by atoms with van der Waals surface area (Å²) in [5.41, 5.74) is 0.546. The molecular weight excluding hydrogens is 316 g/mol. The van der Waals surface area contributed by atoms with Crippen molar-refractivity contribution < 1.29 is 9.59 Å². The second-order valence-corrected chi connectivity index (χ2v) is 5.72. The van der Waals surface area contributed by atoms with Crippen LogP contribution in [0.2, 0.25) is 0 Å². The minimum atomic E-state index is -0.252. The average Bonchev–Trinajstić information content (AvgIpc) is 3.16. The van der Waals surface area contributed by atoms with Crippen LogP contribution in [0.25, 0.3) is 10.8 Å². The topological polar surface area (TPSA) is 76.0 Å². The second-order valence-electron chi connectivity index (χ2n) is 5.72. The van der Waals surface area contributed by atoms with Gasteiger partial charge in [-0.25, -0.2) is 0 Å². The number of rotatable bonds is 7. The number of hydrogen-bond donors (Lipinski definition) is 2. The van der Waals surface area contributed by atoms with E-state index in [-0.39, 0.29) is 18.4 Å². The van der Waals surface area contributed by atoms with Crippen molar-refractivity contribution in [2.75, 3.05) is 13.1 Å². The standard InChI is InChI=1S/C19H20N4O2/c24-18(20-9-3-11-23-12-4-10-22-23)14-21-19(25)17-8-7-15-5-1-2-6-16(15)13-17/h1-2,4-8,10,12-13H,3,9,11,14H2,(H,20,24)(H,21,25). The minimum absolute atomic E-state index is 0.0343. The Labute approximate surface area is 145 Å². The monoisotopic (exact) mass is 336 g/mol. The Hall–Kier alpha value is -3.15. The van der Waals surface area contributed by atoms with Crippen molar-refractivity contribution in [3.8, 4) is 0 Å². The molecule has 128 valence electrons. The van der Waals surface area contributed by atoms with Crippen LogP contribution in [0.5, 0.6) is 0 Å². The number of fused-ring (bicyclic) bond motifs is 1. The Kier molecular flexibility index (Phi) is 5.41. The molecule has 0 aliphatic rings. The lowest BCUT2D eigenvalue weighted by Crippen LogP contribution is -2.37. The van der Waals surface area contributed by atoms with Crippen LogP contribution >= 0.6 is 0 Å². The number of aromatic nitrogens is 2. The van der Waals surface area contributed by atoms with E-state index in [1.165, 1.54) is 0 Å². The lowest BCUT2D eigenvalue weighted by molar-refractivity contribution is -0.120. The van der Waals surface area contributed by atoms with Gasteiger partial charge in [0.1, 0.15) is 0 Å². The van der Waals surface area contributed by atoms with Crippen LogP contribution in [-0.2, 0) is 11.3 Å². The number of hydrogen-bond acceptors (Lipinski definition) is 3. The molecule has 2 N–H and O–H groups in total. The second kappa shape index (κ2) is 8.10. The smallest absolute Gasteiger partial charge is 0.251 e. The highest BCUT2D eigenvalue weighted by atomic mass is 16.2. The SMILES string of the molecule is O=C(CNC(=O)c1ccc2ccccc2c1)NCCCn1cccn1. The van der Waals surface area contributed by atoms with Gasteiger partial charge in [-0.1, -0.05) is 30.3 Å². The molecular formula is C19H20N4O2. The maximum Gasteiger partial charge on any atom is 0.251 e. The Bertz CT molecular complexity index is 859. The maximum absolute atomic E-state index is 12.2. The summed E-state index contributed by atoms with van der Waals surface area (Å²) in [5.74, 6) is -0.452. The van der Waals surface area contributed by atoms with Crippen molar-refractivity contribution in [1.29, 1.82) is 0 Å². The summed E-state index contributed by atoms with van der Waals surface area (Å²) in [6.07, 6.45) is 4.39. The van der Waals surface area contributed by atoms with Crippen molar-refractivity contribution in [1.82, 2.24) is 20.4 Å². The van der Waals surface area contributed by atoms with Crippen molar-refractivity contribution in [3.63, 3.8) is 0 Å². The Morgan fingerprint density at radius 2 is 1.84 bits per heavy atom. The number of carbonyl (C=O) groups excluding carboxylic acids is 2. The largest absolute Gasteiger partial charge is 0.355 e. The molecule has 0 unspecified atom stereocenters. The molecule has 0 radical (unpaired) electrons. The molecule has 2 amide bonds. The van der Waals surface area contributed by atoms with E-state index in [9.17, 15) is 9.59 Å². The van der Waals surface area contributed by atoms with Gasteiger partial charge < -0.3 is 10.6 Å². The van der Waals surface area contributed by atoms with E-state index in [2.05, 4.69) is 15.7 Å². The predicted molar refractivity (Wildman–Crippen MR) is 96.1 cm³/mol. The number of nitrogens with zero attached hydrogens (tertiary/aromatic N) is 2. The van der Waals surface area contributed by atoms with Gasteiger partial charge in [-0.3, -0.25) is 14.3 Å². The van der Waals surface area contributed by atoms with Gasteiger partial charge in [-0.15, -0.1) is 0 Å². The fourth-order valence-corrected chi connectivity index (χ4v) is 2.56. The molecule has 6 heteroatoms. The number of benzene rings is 2. The quantitative estimate of drug-likeness (QED) is 0.648. The lowest BCUT2D eigenvalue weighted by atomic mass is 10.1. The molecule has 0 saturated carbocycles. The molecule has 25 heavy (non-hydrogen) atoms. The van der Waals surface area contributed by atoms with Gasteiger partial charge in [0.25, 0.3) is 5.91 Å². The summed E-state index contributed by atoms with van der Waals surface area (Å²) in [5, 5.41) is 11.6. The molecule has 1 aromatic heterocycles. The van der Waals surface area contributed by atoms with Crippen LogP contribution in [-0.4, -0.2) is 34.7 Å². The summed E-state index contributed by atoms with van der Waals surface area (Å²) in [7, 11) is 0. The van der Waals surface area contributed by atoms with Gasteiger partial charge in [0.15, 0.2) is 0 Å². The average molecular weight is 336 g/mol. The highest BCUT2D eigenvalue weighted by molar-refractivity contribution is 5.99. The van der Waals surface area contributed by atoms with Gasteiger partial charge >= 0.3 is 0 Å². The molecule has 0 spiro atoms. The highest BCUT2D eigenvalue weighted by Crippen LogP contribution is 2.15. The minimum Gasteiger partial charge on any atom is -0.355 e. The first-order valence-corrected chi connectivity index (χ1v) is 8.23. The van der Waals surface area contributed by atoms with E-state index in [0.29, 0.717) is 12.1 Å². The normalized spacial score (nSPS) is 10.6. The van der Waals surface area contributed by atoms with E-state index >= 15 is 0 Å². The summed E-state index contributed by atoms with van der Waals surface area (Å²) in [6, 6.07) is 15.2. The van der Waals surface area contributed by atoms with Gasteiger partial charge in [0, 0.05) is 31.0 Å². The highest BCUT2D eigenvalue weighted by Gasteiger charge is 2.08. The summed E-state index contributed by atoms with van der Waals surface area (Å²) < 4.78 is 1.81. The van der Waals surface area contributed by atoms with Crippen LogP contribution in [0.1, 0.15) is 16.8 Å². The van der Waals surface area contributed by atoms with Crippen LogP contribution in [0.4, 0.5) is 0 Å². The van der Waals surface area contributed by atoms with E-state index < -0.39 is 0 Å². The van der Waals surface area contributed by atoms with Gasteiger partial charge in [0.05, 0.1) is 6.54 Å². The molecule has 0 bridgehead atoms. The molecule has 3 rings (SSSR count). The van der Waals surface area contributed by atoms with Crippen molar-refractivity contribution >= 4 is 22.6 Å². The predicted octanol–water partition coefficient (Wildman–Crippen LogP) is 1.97. The zero-order valence-electron chi connectivity index (χ0n) is 13.8.